The second kappa shape index (κ2) is 50.2. The molecule has 3 N–H and O–H groups in total. The Hall–Kier alpha value is -1.40. The van der Waals surface area contributed by atoms with Gasteiger partial charge in [-0.15, -0.1) is 0 Å². The molecule has 0 heterocycles. The van der Waals surface area contributed by atoms with Gasteiger partial charge in [0, 0.05) is 12.8 Å². The molecule has 1 amide bonds. The maximum Gasteiger partial charge on any atom is 0.305 e. The predicted octanol–water partition coefficient (Wildman–Crippen LogP) is 16.1. The normalized spacial score (nSPS) is 12.7. The van der Waals surface area contributed by atoms with Gasteiger partial charge in [0.1, 0.15) is 0 Å². The molecule has 0 radical (unpaired) electrons. The fourth-order valence-electron chi connectivity index (χ4n) is 8.40. The number of aliphatic hydroxyl groups is 2. The lowest BCUT2D eigenvalue weighted by Gasteiger charge is -2.22. The summed E-state index contributed by atoms with van der Waals surface area (Å²) in [6, 6.07) is -0.542. The predicted molar refractivity (Wildman–Crippen MR) is 260 cm³/mol. The van der Waals surface area contributed by atoms with Crippen molar-refractivity contribution in [2.45, 2.75) is 309 Å². The van der Waals surface area contributed by atoms with Gasteiger partial charge in [0.15, 0.2) is 0 Å². The molecule has 6 heteroatoms. The maximum atomic E-state index is 12.4. The SMILES string of the molecule is CCCCCCCCCCCCCC(=O)OCCCCCCCCCCCCCC/C=C\CCCCCCCCCC(=O)NC(CO)C(O)CCCCCCCCCCC. The monoisotopic (exact) mass is 848 g/mol. The lowest BCUT2D eigenvalue weighted by Crippen LogP contribution is -2.45. The van der Waals surface area contributed by atoms with Crippen molar-refractivity contribution in [2.75, 3.05) is 13.2 Å². The Morgan fingerprint density at radius 3 is 1.18 bits per heavy atom. The first kappa shape index (κ1) is 58.6. The van der Waals surface area contributed by atoms with Crippen LogP contribution in [0.15, 0.2) is 12.2 Å². The standard InChI is InChI=1S/C54H105NO5/c1-3-5-7-9-11-13-27-32-36-40-44-48-54(59)60-49-45-41-37-33-29-26-24-22-20-18-16-14-15-17-19-21-23-25-28-31-35-39-43-47-53(58)55-51(50-56)52(57)46-42-38-34-30-12-10-8-6-4-2/h17,19,51-52,56-57H,3-16,18,20-50H2,1-2H3,(H,55,58)/b19-17-. The second-order valence-corrected chi connectivity index (χ2v) is 18.6. The third kappa shape index (κ3) is 46.1. The van der Waals surface area contributed by atoms with Crippen molar-refractivity contribution < 1.29 is 24.5 Å². The number of amides is 1. The summed E-state index contributed by atoms with van der Waals surface area (Å²) in [6.45, 7) is 4.93. The van der Waals surface area contributed by atoms with Gasteiger partial charge in [-0.25, -0.2) is 0 Å². The first-order valence-corrected chi connectivity index (χ1v) is 26.9. The Bertz CT molecular complexity index is 893. The summed E-state index contributed by atoms with van der Waals surface area (Å²) in [5.41, 5.74) is 0. The minimum atomic E-state index is -0.664. The number of carbonyl (C=O) groups excluding carboxylic acids is 2. The summed E-state index contributed by atoms with van der Waals surface area (Å²) >= 11 is 0. The van der Waals surface area contributed by atoms with Gasteiger partial charge in [0.05, 0.1) is 25.4 Å². The van der Waals surface area contributed by atoms with Gasteiger partial charge in [0.25, 0.3) is 0 Å². The Kier molecular flexibility index (Phi) is 49.1. The molecular weight excluding hydrogens is 743 g/mol. The van der Waals surface area contributed by atoms with E-state index in [9.17, 15) is 19.8 Å². The van der Waals surface area contributed by atoms with Gasteiger partial charge < -0.3 is 20.3 Å². The molecule has 0 aliphatic rings. The second-order valence-electron chi connectivity index (χ2n) is 18.6. The summed E-state index contributed by atoms with van der Waals surface area (Å²) in [4.78, 5) is 24.4. The molecule has 0 bridgehead atoms. The molecule has 2 unspecified atom stereocenters. The number of esters is 1. The first-order valence-electron chi connectivity index (χ1n) is 26.9. The largest absolute Gasteiger partial charge is 0.466 e. The highest BCUT2D eigenvalue weighted by Crippen LogP contribution is 2.16. The summed E-state index contributed by atoms with van der Waals surface area (Å²) in [7, 11) is 0. The van der Waals surface area contributed by atoms with Crippen molar-refractivity contribution in [3.05, 3.63) is 12.2 Å². The van der Waals surface area contributed by atoms with Crippen LogP contribution < -0.4 is 5.32 Å². The number of hydrogen-bond donors (Lipinski definition) is 3. The molecule has 0 fully saturated rings. The summed E-state index contributed by atoms with van der Waals surface area (Å²) in [6.07, 6.45) is 57.8. The minimum Gasteiger partial charge on any atom is -0.466 e. The van der Waals surface area contributed by atoms with Gasteiger partial charge in [-0.1, -0.05) is 244 Å². The van der Waals surface area contributed by atoms with E-state index in [0.717, 1.165) is 38.5 Å². The van der Waals surface area contributed by atoms with Crippen LogP contribution in [0.5, 0.6) is 0 Å². The van der Waals surface area contributed by atoms with Crippen molar-refractivity contribution in [3.63, 3.8) is 0 Å². The van der Waals surface area contributed by atoms with Crippen molar-refractivity contribution >= 4 is 11.9 Å². The fourth-order valence-corrected chi connectivity index (χ4v) is 8.40. The molecule has 0 rings (SSSR count). The number of nitrogens with one attached hydrogen (secondary N) is 1. The lowest BCUT2D eigenvalue weighted by atomic mass is 10.0. The summed E-state index contributed by atoms with van der Waals surface area (Å²) < 4.78 is 5.46. The Morgan fingerprint density at radius 1 is 0.450 bits per heavy atom. The Labute approximate surface area is 374 Å². The third-order valence-corrected chi connectivity index (χ3v) is 12.6. The molecule has 0 aliphatic carbocycles. The molecule has 0 aliphatic heterocycles. The first-order chi connectivity index (χ1) is 29.5. The zero-order chi connectivity index (χ0) is 43.7. The van der Waals surface area contributed by atoms with E-state index in [1.807, 2.05) is 0 Å². The van der Waals surface area contributed by atoms with Crippen LogP contribution in [0.3, 0.4) is 0 Å². The molecule has 6 nitrogen and oxygen atoms in total. The average Bonchev–Trinajstić information content (AvgIpc) is 3.25. The van der Waals surface area contributed by atoms with Crippen molar-refractivity contribution in [1.82, 2.24) is 5.32 Å². The Morgan fingerprint density at radius 2 is 0.783 bits per heavy atom. The highest BCUT2D eigenvalue weighted by Gasteiger charge is 2.20. The molecule has 0 aromatic heterocycles. The molecular formula is C54H105NO5. The van der Waals surface area contributed by atoms with E-state index in [4.69, 9.17) is 4.74 Å². The lowest BCUT2D eigenvalue weighted by molar-refractivity contribution is -0.143. The number of hydrogen-bond acceptors (Lipinski definition) is 5. The summed E-state index contributed by atoms with van der Waals surface area (Å²) in [5, 5.41) is 23.1. The number of carbonyl (C=O) groups is 2. The van der Waals surface area contributed by atoms with E-state index in [-0.39, 0.29) is 18.5 Å². The van der Waals surface area contributed by atoms with Crippen LogP contribution in [0.25, 0.3) is 0 Å². The van der Waals surface area contributed by atoms with Crippen LogP contribution in [0.2, 0.25) is 0 Å². The topological polar surface area (TPSA) is 95.9 Å². The number of allylic oxidation sites excluding steroid dienone is 2. The van der Waals surface area contributed by atoms with E-state index in [2.05, 4.69) is 31.3 Å². The fraction of sp³-hybridized carbons (Fsp3) is 0.926. The van der Waals surface area contributed by atoms with Crippen molar-refractivity contribution in [3.8, 4) is 0 Å². The van der Waals surface area contributed by atoms with Crippen LogP contribution in [0.4, 0.5) is 0 Å². The molecule has 0 aromatic carbocycles. The van der Waals surface area contributed by atoms with E-state index in [0.29, 0.717) is 25.9 Å². The number of unbranched alkanes of at least 4 members (excludes halogenated alkanes) is 37. The molecule has 0 saturated heterocycles. The van der Waals surface area contributed by atoms with Crippen molar-refractivity contribution in [2.24, 2.45) is 0 Å². The van der Waals surface area contributed by atoms with Gasteiger partial charge >= 0.3 is 5.97 Å². The van der Waals surface area contributed by atoms with Crippen LogP contribution in [-0.2, 0) is 14.3 Å². The molecule has 2 atom stereocenters. The summed E-state index contributed by atoms with van der Waals surface area (Å²) in [5.74, 6) is -0.0321. The third-order valence-electron chi connectivity index (χ3n) is 12.6. The van der Waals surface area contributed by atoms with E-state index < -0.39 is 12.1 Å². The Balaban J connectivity index is 3.38. The maximum absolute atomic E-state index is 12.4. The molecule has 0 saturated carbocycles. The number of aliphatic hydroxyl groups excluding tert-OH is 2. The average molecular weight is 848 g/mol. The molecule has 0 aromatic rings. The zero-order valence-electron chi connectivity index (χ0n) is 40.5. The van der Waals surface area contributed by atoms with E-state index >= 15 is 0 Å². The highest BCUT2D eigenvalue weighted by atomic mass is 16.5. The van der Waals surface area contributed by atoms with Gasteiger partial charge in [-0.2, -0.15) is 0 Å². The highest BCUT2D eigenvalue weighted by molar-refractivity contribution is 5.76. The van der Waals surface area contributed by atoms with Gasteiger partial charge in [0.2, 0.25) is 5.91 Å². The molecule has 60 heavy (non-hydrogen) atoms. The van der Waals surface area contributed by atoms with Crippen molar-refractivity contribution in [1.29, 1.82) is 0 Å². The van der Waals surface area contributed by atoms with Crippen LogP contribution in [0.1, 0.15) is 296 Å². The van der Waals surface area contributed by atoms with Crippen LogP contribution in [0, 0.1) is 0 Å². The quantitative estimate of drug-likeness (QED) is 0.0322. The van der Waals surface area contributed by atoms with E-state index in [1.165, 1.54) is 225 Å². The zero-order valence-corrected chi connectivity index (χ0v) is 40.5. The van der Waals surface area contributed by atoms with Crippen LogP contribution >= 0.6 is 0 Å². The molecule has 0 spiro atoms. The van der Waals surface area contributed by atoms with Gasteiger partial charge in [-0.05, 0) is 51.4 Å². The smallest absolute Gasteiger partial charge is 0.305 e. The number of rotatable bonds is 50. The number of ether oxygens (including phenoxy) is 1. The van der Waals surface area contributed by atoms with Gasteiger partial charge in [-0.3, -0.25) is 9.59 Å². The molecule has 356 valence electrons. The minimum absolute atomic E-state index is 0.0111. The van der Waals surface area contributed by atoms with E-state index in [1.54, 1.807) is 0 Å². The van der Waals surface area contributed by atoms with Crippen LogP contribution in [-0.4, -0.2) is 47.4 Å².